The smallest absolute Gasteiger partial charge is 0.0195 e. The zero-order valence-electron chi connectivity index (χ0n) is 13.3. The van der Waals surface area contributed by atoms with Crippen molar-refractivity contribution < 1.29 is 0 Å². The van der Waals surface area contributed by atoms with Crippen molar-refractivity contribution in [1.82, 2.24) is 10.2 Å². The molecule has 2 atom stereocenters. The predicted octanol–water partition coefficient (Wildman–Crippen LogP) is 3.73. The molecule has 0 bridgehead atoms. The molecule has 1 aromatic carbocycles. The van der Waals surface area contributed by atoms with E-state index in [9.17, 15) is 0 Å². The number of benzene rings is 1. The normalized spacial score (nSPS) is 25.5. The average molecular weight is 305 g/mol. The van der Waals surface area contributed by atoms with Gasteiger partial charge in [-0.25, -0.2) is 0 Å². The van der Waals surface area contributed by atoms with E-state index in [2.05, 4.69) is 48.3 Å². The molecular formula is C18H28N2S. The molecule has 2 aliphatic heterocycles. The van der Waals surface area contributed by atoms with E-state index in [1.54, 1.807) is 5.56 Å². The number of thioether (sulfide) groups is 1. The summed E-state index contributed by atoms with van der Waals surface area (Å²) in [4.78, 5) is 4.19. The molecule has 1 fully saturated rings. The van der Waals surface area contributed by atoms with Gasteiger partial charge in [-0.2, -0.15) is 0 Å². The molecule has 0 amide bonds. The summed E-state index contributed by atoms with van der Waals surface area (Å²) >= 11 is 2.03. The first-order valence-corrected chi connectivity index (χ1v) is 9.41. The Morgan fingerprint density at radius 2 is 2.10 bits per heavy atom. The lowest BCUT2D eigenvalue weighted by Crippen LogP contribution is -2.47. The summed E-state index contributed by atoms with van der Waals surface area (Å²) in [6.45, 7) is 8.31. The van der Waals surface area contributed by atoms with E-state index >= 15 is 0 Å². The molecular weight excluding hydrogens is 276 g/mol. The number of piperidine rings is 1. The Balaban J connectivity index is 1.63. The topological polar surface area (TPSA) is 15.3 Å². The van der Waals surface area contributed by atoms with Crippen LogP contribution in [0.25, 0.3) is 0 Å². The molecule has 0 saturated carbocycles. The largest absolute Gasteiger partial charge is 0.313 e. The van der Waals surface area contributed by atoms with Gasteiger partial charge in [-0.15, -0.1) is 11.8 Å². The fourth-order valence-electron chi connectivity index (χ4n) is 3.52. The predicted molar refractivity (Wildman–Crippen MR) is 92.3 cm³/mol. The van der Waals surface area contributed by atoms with Gasteiger partial charge in [-0.1, -0.05) is 24.6 Å². The van der Waals surface area contributed by atoms with Crippen LogP contribution in [0, 0.1) is 0 Å². The minimum absolute atomic E-state index is 0.631. The molecule has 0 aliphatic carbocycles. The number of fused-ring (bicyclic) bond motifs is 1. The molecule has 116 valence electrons. The molecule has 2 heterocycles. The fraction of sp³-hybridized carbons (Fsp3) is 0.667. The molecule has 1 aromatic rings. The van der Waals surface area contributed by atoms with Crippen molar-refractivity contribution in [3.63, 3.8) is 0 Å². The average Bonchev–Trinajstić information content (AvgIpc) is 2.91. The summed E-state index contributed by atoms with van der Waals surface area (Å²) in [6.07, 6.45) is 4.09. The van der Waals surface area contributed by atoms with E-state index < -0.39 is 0 Å². The summed E-state index contributed by atoms with van der Waals surface area (Å²) in [5.41, 5.74) is 1.57. The lowest BCUT2D eigenvalue weighted by molar-refractivity contribution is 0.178. The minimum atomic E-state index is 0.631. The van der Waals surface area contributed by atoms with Gasteiger partial charge in [-0.3, -0.25) is 4.90 Å². The molecule has 0 spiro atoms. The third-order valence-electron chi connectivity index (χ3n) is 4.85. The maximum absolute atomic E-state index is 3.70. The van der Waals surface area contributed by atoms with Crippen molar-refractivity contribution >= 4 is 11.8 Å². The van der Waals surface area contributed by atoms with Crippen LogP contribution < -0.4 is 5.32 Å². The third-order valence-corrected chi connectivity index (χ3v) is 6.10. The van der Waals surface area contributed by atoms with Gasteiger partial charge in [0.2, 0.25) is 0 Å². The second kappa shape index (κ2) is 7.17. The van der Waals surface area contributed by atoms with Crippen LogP contribution in [0.1, 0.15) is 44.6 Å². The highest BCUT2D eigenvalue weighted by atomic mass is 32.2. The number of hydrogen-bond acceptors (Lipinski definition) is 3. The van der Waals surface area contributed by atoms with Crippen LogP contribution in [0.2, 0.25) is 0 Å². The first-order valence-electron chi connectivity index (χ1n) is 8.43. The SMILES string of the molecule is CC(C)N(CC1CCCCN1)CC1CSc2ccccc21. The Kier molecular flexibility index (Phi) is 5.25. The second-order valence-corrected chi connectivity index (χ2v) is 7.80. The van der Waals surface area contributed by atoms with Gasteiger partial charge in [0.1, 0.15) is 0 Å². The number of nitrogens with one attached hydrogen (secondary N) is 1. The summed E-state index contributed by atoms with van der Waals surface area (Å²) < 4.78 is 0. The Bertz CT molecular complexity index is 454. The number of nitrogens with zero attached hydrogens (tertiary/aromatic N) is 1. The highest BCUT2D eigenvalue weighted by Gasteiger charge is 2.27. The number of rotatable bonds is 5. The van der Waals surface area contributed by atoms with Crippen molar-refractivity contribution in [3.8, 4) is 0 Å². The van der Waals surface area contributed by atoms with Crippen molar-refractivity contribution in [3.05, 3.63) is 29.8 Å². The zero-order valence-corrected chi connectivity index (χ0v) is 14.2. The summed E-state index contributed by atoms with van der Waals surface area (Å²) in [7, 11) is 0. The highest BCUT2D eigenvalue weighted by molar-refractivity contribution is 7.99. The van der Waals surface area contributed by atoms with Crippen LogP contribution in [-0.4, -0.2) is 42.4 Å². The number of hydrogen-bond donors (Lipinski definition) is 1. The van der Waals surface area contributed by atoms with Gasteiger partial charge in [-0.05, 0) is 44.9 Å². The quantitative estimate of drug-likeness (QED) is 0.892. The van der Waals surface area contributed by atoms with E-state index in [0.717, 1.165) is 0 Å². The molecule has 0 aromatic heterocycles. The molecule has 3 rings (SSSR count). The second-order valence-electron chi connectivity index (χ2n) is 6.74. The summed E-state index contributed by atoms with van der Waals surface area (Å²) in [5, 5.41) is 3.70. The molecule has 1 N–H and O–H groups in total. The minimum Gasteiger partial charge on any atom is -0.313 e. The van der Waals surface area contributed by atoms with Crippen molar-refractivity contribution in [2.24, 2.45) is 0 Å². The third kappa shape index (κ3) is 3.82. The Morgan fingerprint density at radius 3 is 2.86 bits per heavy atom. The Hall–Kier alpha value is -0.510. The van der Waals surface area contributed by atoms with Crippen LogP contribution in [0.15, 0.2) is 29.2 Å². The van der Waals surface area contributed by atoms with Gasteiger partial charge in [0.15, 0.2) is 0 Å². The van der Waals surface area contributed by atoms with E-state index in [0.29, 0.717) is 18.0 Å². The summed E-state index contributed by atoms with van der Waals surface area (Å²) in [5.74, 6) is 1.96. The highest BCUT2D eigenvalue weighted by Crippen LogP contribution is 2.39. The lowest BCUT2D eigenvalue weighted by Gasteiger charge is -2.34. The van der Waals surface area contributed by atoms with Gasteiger partial charge >= 0.3 is 0 Å². The van der Waals surface area contributed by atoms with Gasteiger partial charge < -0.3 is 5.32 Å². The van der Waals surface area contributed by atoms with Crippen LogP contribution in [0.5, 0.6) is 0 Å². The molecule has 1 saturated heterocycles. The molecule has 2 aliphatic rings. The molecule has 2 unspecified atom stereocenters. The fourth-order valence-corrected chi connectivity index (χ4v) is 4.76. The molecule has 3 heteroatoms. The van der Waals surface area contributed by atoms with Crippen LogP contribution in [0.3, 0.4) is 0 Å². The van der Waals surface area contributed by atoms with Gasteiger partial charge in [0.05, 0.1) is 0 Å². The first-order chi connectivity index (χ1) is 10.2. The zero-order chi connectivity index (χ0) is 14.7. The molecule has 0 radical (unpaired) electrons. The van der Waals surface area contributed by atoms with E-state index in [4.69, 9.17) is 0 Å². The van der Waals surface area contributed by atoms with Crippen molar-refractivity contribution in [1.29, 1.82) is 0 Å². The van der Waals surface area contributed by atoms with E-state index in [-0.39, 0.29) is 0 Å². The van der Waals surface area contributed by atoms with Crippen LogP contribution >= 0.6 is 11.8 Å². The maximum Gasteiger partial charge on any atom is 0.0195 e. The van der Waals surface area contributed by atoms with Gasteiger partial charge in [0, 0.05) is 41.7 Å². The standard InChI is InChI=1S/C18H28N2S/c1-14(2)20(12-16-7-5-6-10-19-16)11-15-13-21-18-9-4-3-8-17(15)18/h3-4,8-9,14-16,19H,5-7,10-13H2,1-2H3. The lowest BCUT2D eigenvalue weighted by atomic mass is 9.98. The Labute approximate surface area is 133 Å². The molecule has 21 heavy (non-hydrogen) atoms. The van der Waals surface area contributed by atoms with Crippen LogP contribution in [-0.2, 0) is 0 Å². The maximum atomic E-state index is 3.70. The Morgan fingerprint density at radius 1 is 1.24 bits per heavy atom. The molecule has 2 nitrogen and oxygen atoms in total. The van der Waals surface area contributed by atoms with Crippen LogP contribution in [0.4, 0.5) is 0 Å². The monoisotopic (exact) mass is 304 g/mol. The van der Waals surface area contributed by atoms with Crippen molar-refractivity contribution in [2.45, 2.75) is 56.0 Å². The first kappa shape index (κ1) is 15.4. The van der Waals surface area contributed by atoms with Gasteiger partial charge in [0.25, 0.3) is 0 Å². The van der Waals surface area contributed by atoms with E-state index in [1.807, 2.05) is 11.8 Å². The van der Waals surface area contributed by atoms with E-state index in [1.165, 1.54) is 49.5 Å². The van der Waals surface area contributed by atoms with Crippen molar-refractivity contribution in [2.75, 3.05) is 25.4 Å². The summed E-state index contributed by atoms with van der Waals surface area (Å²) in [6, 6.07) is 10.3.